The number of nitrogens with one attached hydrogen (secondary N) is 1. The summed E-state index contributed by atoms with van der Waals surface area (Å²) in [4.78, 5) is 0. The molecule has 1 heterocycles. The van der Waals surface area contributed by atoms with Gasteiger partial charge in [0, 0.05) is 11.6 Å². The number of ether oxygens (including phenoxy) is 1. The van der Waals surface area contributed by atoms with Gasteiger partial charge < -0.3 is 0 Å². The quantitative estimate of drug-likeness (QED) is 0.642. The van der Waals surface area contributed by atoms with Gasteiger partial charge in [0.1, 0.15) is 6.23 Å². The molecule has 0 aromatic carbocycles. The Hall–Kier alpha value is 0.0600. The fourth-order valence-corrected chi connectivity index (χ4v) is 1.44. The maximum Gasteiger partial charge on any atom is 0.524 e. The second-order valence-corrected chi connectivity index (χ2v) is 2.80. The van der Waals surface area contributed by atoms with Crippen LogP contribution in [0.15, 0.2) is 0 Å². The first kappa shape index (κ1) is 8.16. The number of rotatable bonds is 1. The SMILES string of the molecule is FC(F)(F)OC1CSCN1. The van der Waals surface area contributed by atoms with E-state index in [1.54, 1.807) is 0 Å². The maximum absolute atomic E-state index is 11.4. The summed E-state index contributed by atoms with van der Waals surface area (Å²) in [6.07, 6.45) is -5.37. The molecule has 6 heteroatoms. The van der Waals surface area contributed by atoms with E-state index in [4.69, 9.17) is 0 Å². The summed E-state index contributed by atoms with van der Waals surface area (Å²) in [6.45, 7) is 0. The number of hydrogen-bond acceptors (Lipinski definition) is 3. The molecule has 1 N–H and O–H groups in total. The first-order chi connectivity index (χ1) is 4.58. The van der Waals surface area contributed by atoms with Gasteiger partial charge in [-0.2, -0.15) is 0 Å². The van der Waals surface area contributed by atoms with Crippen LogP contribution >= 0.6 is 11.8 Å². The van der Waals surface area contributed by atoms with E-state index in [1.165, 1.54) is 11.8 Å². The first-order valence-electron chi connectivity index (χ1n) is 2.63. The average molecular weight is 173 g/mol. The van der Waals surface area contributed by atoms with Crippen molar-refractivity contribution < 1.29 is 17.9 Å². The molecule has 60 valence electrons. The van der Waals surface area contributed by atoms with Crippen molar-refractivity contribution in [2.24, 2.45) is 0 Å². The van der Waals surface area contributed by atoms with Gasteiger partial charge in [-0.25, -0.2) is 0 Å². The van der Waals surface area contributed by atoms with Crippen molar-refractivity contribution in [3.63, 3.8) is 0 Å². The summed E-state index contributed by atoms with van der Waals surface area (Å²) < 4.78 is 38.0. The largest absolute Gasteiger partial charge is 0.524 e. The Balaban J connectivity index is 2.24. The molecule has 1 fully saturated rings. The molecule has 0 spiro atoms. The molecular weight excluding hydrogens is 167 g/mol. The standard InChI is InChI=1S/C4H6F3NOS/c5-4(6,7)9-3-1-10-2-8-3/h3,8H,1-2H2. The van der Waals surface area contributed by atoms with Crippen LogP contribution in [0.2, 0.25) is 0 Å². The zero-order valence-corrected chi connectivity index (χ0v) is 5.76. The summed E-state index contributed by atoms with van der Waals surface area (Å²) in [5.74, 6) is 0.889. The van der Waals surface area contributed by atoms with Crippen molar-refractivity contribution in [2.75, 3.05) is 11.6 Å². The molecule has 0 amide bonds. The lowest BCUT2D eigenvalue weighted by atomic mass is 10.7. The van der Waals surface area contributed by atoms with Crippen molar-refractivity contribution in [3.8, 4) is 0 Å². The fraction of sp³-hybridized carbons (Fsp3) is 1.00. The molecule has 0 aromatic heterocycles. The lowest BCUT2D eigenvalue weighted by molar-refractivity contribution is -0.342. The van der Waals surface area contributed by atoms with Crippen LogP contribution in [0.5, 0.6) is 0 Å². The first-order valence-corrected chi connectivity index (χ1v) is 3.79. The topological polar surface area (TPSA) is 21.3 Å². The lowest BCUT2D eigenvalue weighted by Crippen LogP contribution is -2.33. The third-order valence-corrected chi connectivity index (χ3v) is 1.87. The summed E-state index contributed by atoms with van der Waals surface area (Å²) in [6, 6.07) is 0. The number of thioether (sulfide) groups is 1. The Morgan fingerprint density at radius 3 is 2.60 bits per heavy atom. The van der Waals surface area contributed by atoms with E-state index in [1.807, 2.05) is 0 Å². The summed E-state index contributed by atoms with van der Waals surface area (Å²) >= 11 is 1.39. The van der Waals surface area contributed by atoms with Crippen molar-refractivity contribution in [1.29, 1.82) is 0 Å². The Bertz CT molecular complexity index is 112. The highest BCUT2D eigenvalue weighted by atomic mass is 32.2. The molecule has 0 bridgehead atoms. The molecule has 1 unspecified atom stereocenters. The van der Waals surface area contributed by atoms with E-state index >= 15 is 0 Å². The lowest BCUT2D eigenvalue weighted by Gasteiger charge is -2.12. The van der Waals surface area contributed by atoms with Gasteiger partial charge >= 0.3 is 6.36 Å². The van der Waals surface area contributed by atoms with Gasteiger partial charge in [-0.05, 0) is 0 Å². The number of halogens is 3. The van der Waals surface area contributed by atoms with E-state index in [-0.39, 0.29) is 0 Å². The minimum atomic E-state index is -4.51. The predicted molar refractivity (Wildman–Crippen MR) is 31.4 cm³/mol. The number of alkyl halides is 3. The molecule has 0 radical (unpaired) electrons. The van der Waals surface area contributed by atoms with Crippen LogP contribution < -0.4 is 5.32 Å². The van der Waals surface area contributed by atoms with Crippen LogP contribution in [-0.2, 0) is 4.74 Å². The molecule has 10 heavy (non-hydrogen) atoms. The van der Waals surface area contributed by atoms with Gasteiger partial charge in [-0.15, -0.1) is 24.9 Å². The van der Waals surface area contributed by atoms with Crippen molar-refractivity contribution in [1.82, 2.24) is 5.32 Å². The molecule has 2 nitrogen and oxygen atoms in total. The second-order valence-electron chi connectivity index (χ2n) is 1.77. The third kappa shape index (κ3) is 2.76. The van der Waals surface area contributed by atoms with Crippen LogP contribution in [-0.4, -0.2) is 24.2 Å². The van der Waals surface area contributed by atoms with Gasteiger partial charge in [0.25, 0.3) is 0 Å². The average Bonchev–Trinajstić information content (AvgIpc) is 2.12. The van der Waals surface area contributed by atoms with Crippen LogP contribution in [0.4, 0.5) is 13.2 Å². The Morgan fingerprint density at radius 1 is 1.50 bits per heavy atom. The van der Waals surface area contributed by atoms with Crippen molar-refractivity contribution in [2.45, 2.75) is 12.6 Å². The van der Waals surface area contributed by atoms with Crippen LogP contribution in [0, 0.1) is 0 Å². The van der Waals surface area contributed by atoms with Crippen molar-refractivity contribution >= 4 is 11.8 Å². The smallest absolute Gasteiger partial charge is 0.282 e. The van der Waals surface area contributed by atoms with Crippen LogP contribution in [0.25, 0.3) is 0 Å². The summed E-state index contributed by atoms with van der Waals surface area (Å²) in [5.41, 5.74) is 0. The second kappa shape index (κ2) is 2.98. The normalized spacial score (nSPS) is 27.3. The highest BCUT2D eigenvalue weighted by Crippen LogP contribution is 2.21. The predicted octanol–water partition coefficient (Wildman–Crippen LogP) is 1.14. The summed E-state index contributed by atoms with van der Waals surface area (Å²) in [7, 11) is 0. The molecule has 0 aliphatic carbocycles. The molecule has 0 aromatic rings. The van der Waals surface area contributed by atoms with Crippen molar-refractivity contribution in [3.05, 3.63) is 0 Å². The molecular formula is C4H6F3NOS. The number of hydrogen-bond donors (Lipinski definition) is 1. The van der Waals surface area contributed by atoms with Crippen LogP contribution in [0.1, 0.15) is 0 Å². The van der Waals surface area contributed by atoms with E-state index in [2.05, 4.69) is 10.1 Å². The Labute approximate surface area is 60.1 Å². The molecule has 1 aliphatic heterocycles. The van der Waals surface area contributed by atoms with E-state index in [9.17, 15) is 13.2 Å². The van der Waals surface area contributed by atoms with Gasteiger partial charge in [0.2, 0.25) is 0 Å². The minimum Gasteiger partial charge on any atom is -0.282 e. The van der Waals surface area contributed by atoms with E-state index in [0.29, 0.717) is 11.6 Å². The molecule has 1 atom stereocenters. The Morgan fingerprint density at radius 2 is 2.20 bits per heavy atom. The molecule has 1 rings (SSSR count). The highest BCUT2D eigenvalue weighted by Gasteiger charge is 2.34. The van der Waals surface area contributed by atoms with Crippen LogP contribution in [0.3, 0.4) is 0 Å². The minimum absolute atomic E-state index is 0.361. The van der Waals surface area contributed by atoms with E-state index < -0.39 is 12.6 Å². The fourth-order valence-electron chi connectivity index (χ4n) is 0.614. The molecule has 1 aliphatic rings. The van der Waals surface area contributed by atoms with Gasteiger partial charge in [0.05, 0.1) is 0 Å². The zero-order valence-electron chi connectivity index (χ0n) is 4.94. The van der Waals surface area contributed by atoms with Gasteiger partial charge in [-0.3, -0.25) is 10.1 Å². The maximum atomic E-state index is 11.4. The zero-order chi connectivity index (χ0) is 7.61. The Kier molecular flexibility index (Phi) is 2.43. The summed E-state index contributed by atoms with van der Waals surface area (Å²) in [5, 5.41) is 2.53. The third-order valence-electron chi connectivity index (χ3n) is 0.958. The monoisotopic (exact) mass is 173 g/mol. The van der Waals surface area contributed by atoms with Gasteiger partial charge in [-0.1, -0.05) is 0 Å². The van der Waals surface area contributed by atoms with Gasteiger partial charge in [0.15, 0.2) is 0 Å². The molecule has 0 saturated carbocycles. The highest BCUT2D eigenvalue weighted by molar-refractivity contribution is 7.99. The molecule has 1 saturated heterocycles. The van der Waals surface area contributed by atoms with E-state index in [0.717, 1.165) is 0 Å².